The van der Waals surface area contributed by atoms with Gasteiger partial charge in [0.1, 0.15) is 0 Å². The molecule has 0 amide bonds. The highest BCUT2D eigenvalue weighted by Crippen LogP contribution is 2.28. The second kappa shape index (κ2) is 9.77. The Hall–Kier alpha value is -0.170. The van der Waals surface area contributed by atoms with Crippen molar-refractivity contribution < 1.29 is 8.42 Å². The van der Waals surface area contributed by atoms with Gasteiger partial charge in [0, 0.05) is 20.1 Å². The topological polar surface area (TPSA) is 61.4 Å². The fraction of sp³-hybridized carbons (Fsp3) is 1.00. The Balaban J connectivity index is 2.24. The molecule has 0 heterocycles. The van der Waals surface area contributed by atoms with Crippen LogP contribution in [0.5, 0.6) is 0 Å². The molecule has 5 nitrogen and oxygen atoms in total. The van der Waals surface area contributed by atoms with Crippen LogP contribution >= 0.6 is 0 Å². The van der Waals surface area contributed by atoms with E-state index in [0.717, 1.165) is 44.7 Å². The van der Waals surface area contributed by atoms with Crippen LogP contribution in [0.4, 0.5) is 0 Å². The van der Waals surface area contributed by atoms with Crippen LogP contribution in [0.25, 0.3) is 0 Å². The third-order valence-corrected chi connectivity index (χ3v) is 5.80. The van der Waals surface area contributed by atoms with Crippen molar-refractivity contribution in [3.05, 3.63) is 0 Å². The van der Waals surface area contributed by atoms with E-state index in [1.807, 2.05) is 0 Å². The summed E-state index contributed by atoms with van der Waals surface area (Å²) < 4.78 is 28.6. The zero-order valence-corrected chi connectivity index (χ0v) is 14.7. The van der Waals surface area contributed by atoms with Crippen LogP contribution in [0.2, 0.25) is 0 Å². The van der Waals surface area contributed by atoms with Crippen molar-refractivity contribution in [2.75, 3.05) is 33.2 Å². The minimum absolute atomic E-state index is 0.503. The Morgan fingerprint density at radius 1 is 1.24 bits per heavy atom. The van der Waals surface area contributed by atoms with Gasteiger partial charge in [-0.05, 0) is 50.6 Å². The number of rotatable bonds is 10. The quantitative estimate of drug-likeness (QED) is 0.605. The number of nitrogens with one attached hydrogen (secondary N) is 2. The van der Waals surface area contributed by atoms with E-state index >= 15 is 0 Å². The van der Waals surface area contributed by atoms with Crippen molar-refractivity contribution in [3.63, 3.8) is 0 Å². The van der Waals surface area contributed by atoms with Crippen molar-refractivity contribution in [2.24, 2.45) is 11.8 Å². The second-order valence-electron chi connectivity index (χ2n) is 6.42. The molecule has 0 aromatic rings. The van der Waals surface area contributed by atoms with Gasteiger partial charge in [0.25, 0.3) is 10.2 Å². The Morgan fingerprint density at radius 3 is 2.67 bits per heavy atom. The normalized spacial score (nSPS) is 23.6. The van der Waals surface area contributed by atoms with Crippen molar-refractivity contribution in [1.82, 2.24) is 14.3 Å². The summed E-state index contributed by atoms with van der Waals surface area (Å²) >= 11 is 0. The molecule has 0 saturated heterocycles. The first-order valence-corrected chi connectivity index (χ1v) is 9.81. The Labute approximate surface area is 131 Å². The Kier molecular flexibility index (Phi) is 8.78. The first kappa shape index (κ1) is 18.9. The summed E-state index contributed by atoms with van der Waals surface area (Å²) in [6.45, 7) is 7.40. The number of nitrogens with zero attached hydrogens (tertiary/aromatic N) is 1. The average Bonchev–Trinajstić information content (AvgIpc) is 2.45. The van der Waals surface area contributed by atoms with Crippen LogP contribution < -0.4 is 10.0 Å². The molecule has 21 heavy (non-hydrogen) atoms. The summed E-state index contributed by atoms with van der Waals surface area (Å²) in [6.07, 6.45) is 6.76. The van der Waals surface area contributed by atoms with Crippen molar-refractivity contribution >= 4 is 10.2 Å². The molecule has 2 unspecified atom stereocenters. The van der Waals surface area contributed by atoms with Gasteiger partial charge in [0.05, 0.1) is 0 Å². The van der Waals surface area contributed by atoms with Gasteiger partial charge in [-0.15, -0.1) is 0 Å². The third-order valence-electron chi connectivity index (χ3n) is 4.26. The lowest BCUT2D eigenvalue weighted by molar-refractivity contribution is 0.281. The molecule has 1 rings (SSSR count). The van der Waals surface area contributed by atoms with Crippen LogP contribution in [0.15, 0.2) is 0 Å². The maximum Gasteiger partial charge on any atom is 0.279 e. The molecule has 0 spiro atoms. The Bertz CT molecular complexity index is 373. The maximum atomic E-state index is 12.2. The zero-order chi connectivity index (χ0) is 15.7. The highest BCUT2D eigenvalue weighted by Gasteiger charge is 2.22. The predicted octanol–water partition coefficient (Wildman–Crippen LogP) is 1.97. The van der Waals surface area contributed by atoms with Crippen LogP contribution in [0.3, 0.4) is 0 Å². The van der Waals surface area contributed by atoms with E-state index < -0.39 is 10.2 Å². The molecular formula is C15H33N3O2S. The molecular weight excluding hydrogens is 286 g/mol. The highest BCUT2D eigenvalue weighted by molar-refractivity contribution is 7.87. The van der Waals surface area contributed by atoms with Crippen molar-refractivity contribution in [1.29, 1.82) is 0 Å². The molecule has 0 aromatic carbocycles. The Morgan fingerprint density at radius 2 is 2.00 bits per heavy atom. The number of hydrogen-bond donors (Lipinski definition) is 2. The molecule has 1 aliphatic carbocycles. The van der Waals surface area contributed by atoms with Gasteiger partial charge in [-0.2, -0.15) is 12.7 Å². The molecule has 0 aromatic heterocycles. The molecule has 6 heteroatoms. The zero-order valence-electron chi connectivity index (χ0n) is 13.9. The third kappa shape index (κ3) is 7.58. The van der Waals surface area contributed by atoms with E-state index in [1.165, 1.54) is 17.1 Å². The lowest BCUT2D eigenvalue weighted by atomic mass is 9.83. The first-order valence-electron chi connectivity index (χ1n) is 8.37. The van der Waals surface area contributed by atoms with E-state index in [9.17, 15) is 8.42 Å². The molecule has 0 radical (unpaired) electrons. The van der Waals surface area contributed by atoms with Gasteiger partial charge in [-0.3, -0.25) is 0 Å². The van der Waals surface area contributed by atoms with Gasteiger partial charge in [0.2, 0.25) is 0 Å². The molecule has 2 N–H and O–H groups in total. The summed E-state index contributed by atoms with van der Waals surface area (Å²) in [6, 6.07) is 0. The predicted molar refractivity (Wildman–Crippen MR) is 88.5 cm³/mol. The lowest BCUT2D eigenvalue weighted by Gasteiger charge is -2.27. The van der Waals surface area contributed by atoms with Gasteiger partial charge in [0.15, 0.2) is 0 Å². The van der Waals surface area contributed by atoms with Gasteiger partial charge in [-0.1, -0.05) is 26.7 Å². The smallest absolute Gasteiger partial charge is 0.279 e. The first-order chi connectivity index (χ1) is 9.95. The SMILES string of the molecule is CCCNCCCN(C)S(=O)(=O)NCC1CCCC(C)C1. The minimum Gasteiger partial charge on any atom is -0.317 e. The summed E-state index contributed by atoms with van der Waals surface area (Å²) in [5.41, 5.74) is 0. The second-order valence-corrected chi connectivity index (χ2v) is 8.28. The number of hydrogen-bond acceptors (Lipinski definition) is 3. The molecule has 2 atom stereocenters. The molecule has 0 aliphatic heterocycles. The van der Waals surface area contributed by atoms with E-state index in [2.05, 4.69) is 23.9 Å². The van der Waals surface area contributed by atoms with Crippen LogP contribution in [0, 0.1) is 11.8 Å². The summed E-state index contributed by atoms with van der Waals surface area (Å²) in [5.74, 6) is 1.23. The molecule has 0 bridgehead atoms. The monoisotopic (exact) mass is 319 g/mol. The van der Waals surface area contributed by atoms with Crippen molar-refractivity contribution in [2.45, 2.75) is 52.4 Å². The standard InChI is InChI=1S/C15H33N3O2S/c1-4-9-16-10-6-11-18(3)21(19,20)17-13-15-8-5-7-14(2)12-15/h14-17H,4-13H2,1-3H3. The summed E-state index contributed by atoms with van der Waals surface area (Å²) in [5, 5.41) is 3.29. The van der Waals surface area contributed by atoms with Gasteiger partial charge in [-0.25, -0.2) is 4.72 Å². The highest BCUT2D eigenvalue weighted by atomic mass is 32.2. The fourth-order valence-electron chi connectivity index (χ4n) is 2.93. The van der Waals surface area contributed by atoms with Crippen LogP contribution in [-0.2, 0) is 10.2 Å². The molecule has 1 aliphatic rings. The maximum absolute atomic E-state index is 12.2. The minimum atomic E-state index is -3.31. The lowest BCUT2D eigenvalue weighted by Crippen LogP contribution is -2.41. The largest absolute Gasteiger partial charge is 0.317 e. The molecule has 1 saturated carbocycles. The van der Waals surface area contributed by atoms with E-state index in [-0.39, 0.29) is 0 Å². The van der Waals surface area contributed by atoms with E-state index in [0.29, 0.717) is 19.0 Å². The van der Waals surface area contributed by atoms with E-state index in [1.54, 1.807) is 7.05 Å². The van der Waals surface area contributed by atoms with Crippen LogP contribution in [0.1, 0.15) is 52.4 Å². The van der Waals surface area contributed by atoms with Crippen molar-refractivity contribution in [3.8, 4) is 0 Å². The summed E-state index contributed by atoms with van der Waals surface area (Å²) in [4.78, 5) is 0. The van der Waals surface area contributed by atoms with E-state index in [4.69, 9.17) is 0 Å². The molecule has 1 fully saturated rings. The molecule has 126 valence electrons. The average molecular weight is 320 g/mol. The van der Waals surface area contributed by atoms with Gasteiger partial charge < -0.3 is 5.32 Å². The van der Waals surface area contributed by atoms with Gasteiger partial charge >= 0.3 is 0 Å². The fourth-order valence-corrected chi connectivity index (χ4v) is 3.96. The van der Waals surface area contributed by atoms with Crippen LogP contribution in [-0.4, -0.2) is 45.9 Å². The summed E-state index contributed by atoms with van der Waals surface area (Å²) in [7, 11) is -1.66.